The zero-order valence-electron chi connectivity index (χ0n) is 10.9. The Morgan fingerprint density at radius 2 is 2.00 bits per heavy atom. The molecule has 102 valence electrons. The second-order valence-corrected chi connectivity index (χ2v) is 6.12. The first-order valence-corrected chi connectivity index (χ1v) is 8.02. The number of rotatable bonds is 4. The summed E-state index contributed by atoms with van der Waals surface area (Å²) in [5.41, 5.74) is 1.24. The van der Waals surface area contributed by atoms with Crippen molar-refractivity contribution >= 4 is 33.7 Å². The maximum absolute atomic E-state index is 10.0. The number of phenols is 1. The van der Waals surface area contributed by atoms with Gasteiger partial charge in [-0.3, -0.25) is 0 Å². The quantitative estimate of drug-likeness (QED) is 0.643. The van der Waals surface area contributed by atoms with E-state index in [1.54, 1.807) is 17.4 Å². The van der Waals surface area contributed by atoms with Gasteiger partial charge in [0.05, 0.1) is 0 Å². The van der Waals surface area contributed by atoms with Gasteiger partial charge in [0.15, 0.2) is 0 Å². The predicted molar refractivity (Wildman–Crippen MR) is 87.1 cm³/mol. The Balaban J connectivity index is 2.19. The number of fused-ring (bicyclic) bond motifs is 1. The Hall–Kier alpha value is -1.51. The molecule has 0 aliphatic heterocycles. The van der Waals surface area contributed by atoms with E-state index in [4.69, 9.17) is 11.6 Å². The second kappa shape index (κ2) is 5.86. The van der Waals surface area contributed by atoms with Crippen molar-refractivity contribution < 1.29 is 5.11 Å². The lowest BCUT2D eigenvalue weighted by molar-refractivity contribution is 0.481. The third kappa shape index (κ3) is 2.41. The highest BCUT2D eigenvalue weighted by Crippen LogP contribution is 2.38. The summed E-state index contributed by atoms with van der Waals surface area (Å²) in [6.07, 6.45) is 0.900. The third-order valence-electron chi connectivity index (χ3n) is 3.59. The van der Waals surface area contributed by atoms with Crippen LogP contribution in [0.5, 0.6) is 5.75 Å². The molecule has 20 heavy (non-hydrogen) atoms. The number of benzene rings is 2. The average molecular weight is 305 g/mol. The maximum atomic E-state index is 10.0. The largest absolute Gasteiger partial charge is 0.507 e. The number of aromatic hydroxyl groups is 1. The van der Waals surface area contributed by atoms with Crippen molar-refractivity contribution in [2.45, 2.75) is 12.3 Å². The molecule has 1 aromatic heterocycles. The molecule has 0 saturated carbocycles. The lowest BCUT2D eigenvalue weighted by Gasteiger charge is -2.17. The first-order chi connectivity index (χ1) is 9.81. The summed E-state index contributed by atoms with van der Waals surface area (Å²) in [4.78, 5) is 1.32. The molecule has 1 heterocycles. The lowest BCUT2D eigenvalue weighted by atomic mass is 9.92. The van der Waals surface area contributed by atoms with Gasteiger partial charge in [0.2, 0.25) is 0 Å². The van der Waals surface area contributed by atoms with E-state index < -0.39 is 0 Å². The van der Waals surface area contributed by atoms with Gasteiger partial charge in [-0.15, -0.1) is 22.9 Å². The van der Waals surface area contributed by atoms with E-state index in [2.05, 4.69) is 23.6 Å². The SMILES string of the molecule is O[14c]1ccc([C@@H](CCCl)c2cccs2)c2ccccc21. The summed E-state index contributed by atoms with van der Waals surface area (Å²) in [6, 6.07) is 16.0. The smallest absolute Gasteiger partial charge is 0.123 e. The van der Waals surface area contributed by atoms with Crippen LogP contribution in [0, 0.1) is 0 Å². The van der Waals surface area contributed by atoms with Gasteiger partial charge in [-0.25, -0.2) is 0 Å². The lowest BCUT2D eigenvalue weighted by Crippen LogP contribution is -2.01. The number of phenolic OH excluding ortho intramolecular Hbond substituents is 1. The van der Waals surface area contributed by atoms with E-state index in [1.165, 1.54) is 10.4 Å². The molecule has 0 aliphatic rings. The molecule has 3 aromatic rings. The van der Waals surface area contributed by atoms with Gasteiger partial charge >= 0.3 is 0 Å². The molecular weight excluding hydrogens is 290 g/mol. The number of hydrogen-bond acceptors (Lipinski definition) is 2. The number of halogens is 1. The van der Waals surface area contributed by atoms with Crippen LogP contribution in [0.25, 0.3) is 10.8 Å². The van der Waals surface area contributed by atoms with E-state index in [1.807, 2.05) is 24.3 Å². The monoisotopic (exact) mass is 304 g/mol. The summed E-state index contributed by atoms with van der Waals surface area (Å²) in [5, 5.41) is 14.1. The van der Waals surface area contributed by atoms with Gasteiger partial charge in [0, 0.05) is 22.1 Å². The summed E-state index contributed by atoms with van der Waals surface area (Å²) in [7, 11) is 0. The highest BCUT2D eigenvalue weighted by Gasteiger charge is 2.18. The minimum absolute atomic E-state index is 0.290. The molecule has 3 heteroatoms. The Bertz CT molecular complexity index is 706. The zero-order chi connectivity index (χ0) is 13.9. The van der Waals surface area contributed by atoms with Crippen molar-refractivity contribution in [2.75, 3.05) is 5.88 Å². The van der Waals surface area contributed by atoms with E-state index in [0.717, 1.165) is 17.2 Å². The second-order valence-electron chi connectivity index (χ2n) is 4.77. The molecule has 3 rings (SSSR count). The molecule has 0 bridgehead atoms. The van der Waals surface area contributed by atoms with Gasteiger partial charge in [-0.2, -0.15) is 0 Å². The topological polar surface area (TPSA) is 20.2 Å². The van der Waals surface area contributed by atoms with E-state index >= 15 is 0 Å². The number of alkyl halides is 1. The van der Waals surface area contributed by atoms with Crippen molar-refractivity contribution in [1.29, 1.82) is 0 Å². The minimum atomic E-state index is 0.290. The van der Waals surface area contributed by atoms with Crippen molar-refractivity contribution in [2.24, 2.45) is 0 Å². The summed E-state index contributed by atoms with van der Waals surface area (Å²) in [6.45, 7) is 0. The van der Waals surface area contributed by atoms with Crippen molar-refractivity contribution in [1.82, 2.24) is 0 Å². The van der Waals surface area contributed by atoms with Crippen LogP contribution in [0.4, 0.5) is 0 Å². The standard InChI is InChI=1S/C17H15ClOS/c18-10-9-15(17-6-3-11-20-17)13-7-8-16(19)14-5-2-1-4-12(13)14/h1-8,11,15,19H,9-10H2/t15-/m1/s1/i16+2. The molecule has 0 unspecified atom stereocenters. The van der Waals surface area contributed by atoms with Crippen LogP contribution >= 0.6 is 22.9 Å². The molecular formula is C17H15ClOS. The maximum Gasteiger partial charge on any atom is 0.123 e. The molecule has 0 saturated heterocycles. The molecule has 0 spiro atoms. The van der Waals surface area contributed by atoms with Gasteiger partial charge in [0.1, 0.15) is 5.75 Å². The van der Waals surface area contributed by atoms with Crippen LogP contribution in [0.15, 0.2) is 53.9 Å². The van der Waals surface area contributed by atoms with E-state index in [0.29, 0.717) is 11.6 Å². The molecule has 0 fully saturated rings. The van der Waals surface area contributed by atoms with E-state index in [9.17, 15) is 5.11 Å². The normalized spacial score (nSPS) is 12.7. The van der Waals surface area contributed by atoms with Crippen LogP contribution in [-0.2, 0) is 0 Å². The molecule has 0 radical (unpaired) electrons. The first-order valence-electron chi connectivity index (χ1n) is 6.61. The van der Waals surface area contributed by atoms with Crippen LogP contribution in [-0.4, -0.2) is 11.0 Å². The number of thiophene rings is 1. The fourth-order valence-electron chi connectivity index (χ4n) is 2.66. The Kier molecular flexibility index (Phi) is 3.95. The highest BCUT2D eigenvalue weighted by atomic mass is 35.5. The van der Waals surface area contributed by atoms with Gasteiger partial charge < -0.3 is 5.11 Å². The van der Waals surface area contributed by atoms with E-state index in [-0.39, 0.29) is 5.92 Å². The van der Waals surface area contributed by atoms with Gasteiger partial charge in [-0.05, 0) is 34.9 Å². The van der Waals surface area contributed by atoms with Gasteiger partial charge in [-0.1, -0.05) is 36.4 Å². The van der Waals surface area contributed by atoms with Crippen molar-refractivity contribution in [3.8, 4) is 5.75 Å². The Morgan fingerprint density at radius 3 is 2.75 bits per heavy atom. The summed E-state index contributed by atoms with van der Waals surface area (Å²) < 4.78 is 0. The molecule has 2 aromatic carbocycles. The third-order valence-corrected chi connectivity index (χ3v) is 4.80. The van der Waals surface area contributed by atoms with Crippen LogP contribution < -0.4 is 0 Å². The van der Waals surface area contributed by atoms with Crippen LogP contribution in [0.3, 0.4) is 0 Å². The minimum Gasteiger partial charge on any atom is -0.507 e. The van der Waals surface area contributed by atoms with Crippen molar-refractivity contribution in [3.63, 3.8) is 0 Å². The van der Waals surface area contributed by atoms with Crippen LogP contribution in [0.2, 0.25) is 0 Å². The predicted octanol–water partition coefficient (Wildman–Crippen LogP) is 5.37. The fourth-order valence-corrected chi connectivity index (χ4v) is 3.76. The molecule has 1 N–H and O–H groups in total. The zero-order valence-corrected chi connectivity index (χ0v) is 12.5. The van der Waals surface area contributed by atoms with Gasteiger partial charge in [0.25, 0.3) is 0 Å². The fraction of sp³-hybridized carbons (Fsp3) is 0.176. The van der Waals surface area contributed by atoms with Crippen LogP contribution in [0.1, 0.15) is 22.8 Å². The number of hydrogen-bond donors (Lipinski definition) is 1. The summed E-state index contributed by atoms with van der Waals surface area (Å²) >= 11 is 7.76. The molecule has 1 atom stereocenters. The molecule has 0 amide bonds. The summed E-state index contributed by atoms with van der Waals surface area (Å²) in [5.74, 6) is 1.25. The first kappa shape index (κ1) is 13.5. The molecule has 1 nitrogen and oxygen atoms in total. The average Bonchev–Trinajstić information content (AvgIpc) is 3.00. The Labute approximate surface area is 127 Å². The highest BCUT2D eigenvalue weighted by molar-refractivity contribution is 7.10. The van der Waals surface area contributed by atoms with Crippen molar-refractivity contribution in [3.05, 3.63) is 64.4 Å². The molecule has 0 aliphatic carbocycles. The Morgan fingerprint density at radius 1 is 1.15 bits per heavy atom.